The van der Waals surface area contributed by atoms with Crippen LogP contribution in [0.3, 0.4) is 0 Å². The van der Waals surface area contributed by atoms with Gasteiger partial charge in [0.25, 0.3) is 0 Å². The normalized spacial score (nSPS) is 10.0. The van der Waals surface area contributed by atoms with E-state index in [2.05, 4.69) is 15.2 Å². The van der Waals surface area contributed by atoms with Crippen molar-refractivity contribution in [2.75, 3.05) is 19.0 Å². The number of methoxy groups -OCH3 is 1. The van der Waals surface area contributed by atoms with Gasteiger partial charge in [-0.25, -0.2) is 9.59 Å². The molecule has 120 valence electrons. The summed E-state index contributed by atoms with van der Waals surface area (Å²) in [5.74, 6) is -0.460. The number of benzene rings is 1. The summed E-state index contributed by atoms with van der Waals surface area (Å²) >= 11 is 0. The Hall–Kier alpha value is -3.16. The Kier molecular flexibility index (Phi) is 5.08. The van der Waals surface area contributed by atoms with Crippen molar-refractivity contribution in [1.82, 2.24) is 5.16 Å². The number of aryl methyl sites for hydroxylation is 1. The Morgan fingerprint density at radius 2 is 2.00 bits per heavy atom. The smallest absolute Gasteiger partial charge is 0.412 e. The molecule has 2 N–H and O–H groups in total. The van der Waals surface area contributed by atoms with Crippen LogP contribution in [0.15, 0.2) is 34.9 Å². The molecule has 2 aromatic rings. The fourth-order valence-corrected chi connectivity index (χ4v) is 1.85. The average molecular weight is 317 g/mol. The van der Waals surface area contributed by atoms with E-state index in [1.165, 1.54) is 7.11 Å². The molecule has 2 rings (SSSR count). The Labute approximate surface area is 131 Å². The minimum absolute atomic E-state index is 0.118. The Balaban J connectivity index is 1.99. The van der Waals surface area contributed by atoms with E-state index in [1.54, 1.807) is 31.2 Å². The number of anilines is 1. The van der Waals surface area contributed by atoms with Crippen LogP contribution in [0.1, 0.15) is 21.8 Å². The summed E-state index contributed by atoms with van der Waals surface area (Å²) in [6.07, 6.45) is -0.713. The lowest BCUT2D eigenvalue weighted by Gasteiger charge is -2.08. The van der Waals surface area contributed by atoms with Crippen LogP contribution in [0.25, 0.3) is 0 Å². The third-order valence-corrected chi connectivity index (χ3v) is 2.91. The van der Waals surface area contributed by atoms with Gasteiger partial charge in [0.2, 0.25) is 5.69 Å². The van der Waals surface area contributed by atoms with Gasteiger partial charge in [0.1, 0.15) is 12.4 Å². The van der Waals surface area contributed by atoms with Crippen molar-refractivity contribution in [3.05, 3.63) is 47.3 Å². The van der Waals surface area contributed by atoms with Crippen molar-refractivity contribution in [2.24, 2.45) is 0 Å². The van der Waals surface area contributed by atoms with Crippen molar-refractivity contribution in [3.63, 3.8) is 0 Å². The number of rotatable bonds is 5. The standard InChI is InChI=1S/C15H15N3O5/c1-9-12(13(18-23-9)14(19)21-2)11(16)8-22-15(20)17-10-6-4-3-5-7-10/h3-7,16H,8H2,1-2H3,(H,17,20). The van der Waals surface area contributed by atoms with Gasteiger partial charge in [-0.2, -0.15) is 0 Å². The number of carbonyl (C=O) groups is 2. The van der Waals surface area contributed by atoms with Crippen LogP contribution in [0, 0.1) is 12.3 Å². The van der Waals surface area contributed by atoms with Crippen molar-refractivity contribution in [3.8, 4) is 0 Å². The molecule has 1 heterocycles. The molecule has 0 aliphatic rings. The zero-order valence-electron chi connectivity index (χ0n) is 12.6. The first kappa shape index (κ1) is 16.2. The third kappa shape index (κ3) is 3.94. The molecule has 8 nitrogen and oxygen atoms in total. The number of nitrogens with zero attached hydrogens (tertiary/aromatic N) is 1. The van der Waals surface area contributed by atoms with Crippen LogP contribution in [-0.2, 0) is 9.47 Å². The summed E-state index contributed by atoms with van der Waals surface area (Å²) in [5.41, 5.74) is 0.485. The SMILES string of the molecule is COC(=O)c1noc(C)c1C(=N)COC(=O)Nc1ccccc1. The maximum absolute atomic E-state index is 11.7. The van der Waals surface area contributed by atoms with E-state index in [1.807, 2.05) is 6.07 Å². The molecule has 1 aromatic heterocycles. The molecule has 0 saturated carbocycles. The van der Waals surface area contributed by atoms with Gasteiger partial charge >= 0.3 is 12.1 Å². The molecule has 0 aliphatic heterocycles. The lowest BCUT2D eigenvalue weighted by atomic mass is 10.1. The van der Waals surface area contributed by atoms with Gasteiger partial charge in [-0.05, 0) is 19.1 Å². The molecular weight excluding hydrogens is 302 g/mol. The predicted molar refractivity (Wildman–Crippen MR) is 80.8 cm³/mol. The summed E-state index contributed by atoms with van der Waals surface area (Å²) < 4.78 is 14.4. The van der Waals surface area contributed by atoms with Gasteiger partial charge in [-0.3, -0.25) is 5.32 Å². The first-order chi connectivity index (χ1) is 11.0. The molecule has 1 aromatic carbocycles. The van der Waals surface area contributed by atoms with E-state index in [0.29, 0.717) is 5.69 Å². The molecule has 23 heavy (non-hydrogen) atoms. The molecular formula is C15H15N3O5. The zero-order chi connectivity index (χ0) is 16.8. The summed E-state index contributed by atoms with van der Waals surface area (Å²) in [7, 11) is 1.20. The van der Waals surface area contributed by atoms with E-state index in [9.17, 15) is 9.59 Å². The highest BCUT2D eigenvalue weighted by atomic mass is 16.5. The number of esters is 1. The Morgan fingerprint density at radius 3 is 2.65 bits per heavy atom. The first-order valence-electron chi connectivity index (χ1n) is 6.64. The summed E-state index contributed by atoms with van der Waals surface area (Å²) in [5, 5.41) is 14.0. The van der Waals surface area contributed by atoms with Gasteiger partial charge < -0.3 is 19.4 Å². The number of ether oxygens (including phenoxy) is 2. The van der Waals surface area contributed by atoms with Crippen LogP contribution in [0.4, 0.5) is 10.5 Å². The van der Waals surface area contributed by atoms with Crippen LogP contribution in [0.5, 0.6) is 0 Å². The number of aromatic nitrogens is 1. The highest BCUT2D eigenvalue weighted by Crippen LogP contribution is 2.15. The summed E-state index contributed by atoms with van der Waals surface area (Å²) in [6, 6.07) is 8.75. The Morgan fingerprint density at radius 1 is 1.30 bits per heavy atom. The molecule has 0 fully saturated rings. The van der Waals surface area contributed by atoms with Gasteiger partial charge in [-0.15, -0.1) is 0 Å². The molecule has 0 saturated heterocycles. The quantitative estimate of drug-likeness (QED) is 0.646. The second-order valence-corrected chi connectivity index (χ2v) is 4.50. The molecule has 0 atom stereocenters. The molecule has 0 unspecified atom stereocenters. The minimum Gasteiger partial charge on any atom is -0.464 e. The lowest BCUT2D eigenvalue weighted by molar-refractivity contribution is 0.0589. The molecule has 0 aliphatic carbocycles. The van der Waals surface area contributed by atoms with Gasteiger partial charge in [0.05, 0.1) is 18.4 Å². The fraction of sp³-hybridized carbons (Fsp3) is 0.200. The number of nitrogens with one attached hydrogen (secondary N) is 2. The van der Waals surface area contributed by atoms with E-state index in [0.717, 1.165) is 0 Å². The lowest BCUT2D eigenvalue weighted by Crippen LogP contribution is -2.20. The topological polar surface area (TPSA) is 115 Å². The highest BCUT2D eigenvalue weighted by Gasteiger charge is 2.24. The average Bonchev–Trinajstić information content (AvgIpc) is 2.94. The largest absolute Gasteiger partial charge is 0.464 e. The van der Waals surface area contributed by atoms with Crippen molar-refractivity contribution in [2.45, 2.75) is 6.92 Å². The van der Waals surface area contributed by atoms with Crippen LogP contribution < -0.4 is 5.32 Å². The molecule has 8 heteroatoms. The minimum atomic E-state index is -0.727. The van der Waals surface area contributed by atoms with E-state index < -0.39 is 12.1 Å². The van der Waals surface area contributed by atoms with Gasteiger partial charge in [-0.1, -0.05) is 23.4 Å². The molecule has 0 radical (unpaired) electrons. The van der Waals surface area contributed by atoms with E-state index in [4.69, 9.17) is 14.7 Å². The third-order valence-electron chi connectivity index (χ3n) is 2.91. The molecule has 0 bridgehead atoms. The zero-order valence-corrected chi connectivity index (χ0v) is 12.6. The number of hydrogen-bond acceptors (Lipinski definition) is 7. The van der Waals surface area contributed by atoms with E-state index >= 15 is 0 Å². The first-order valence-corrected chi connectivity index (χ1v) is 6.64. The maximum Gasteiger partial charge on any atom is 0.412 e. The van der Waals surface area contributed by atoms with E-state index in [-0.39, 0.29) is 29.3 Å². The molecule has 0 spiro atoms. The molecule has 1 amide bonds. The van der Waals surface area contributed by atoms with Crippen LogP contribution >= 0.6 is 0 Å². The monoisotopic (exact) mass is 317 g/mol. The summed E-state index contributed by atoms with van der Waals surface area (Å²) in [4.78, 5) is 23.3. The van der Waals surface area contributed by atoms with Crippen LogP contribution in [0.2, 0.25) is 0 Å². The number of carbonyl (C=O) groups excluding carboxylic acids is 2. The number of amides is 1. The maximum atomic E-state index is 11.7. The highest BCUT2D eigenvalue weighted by molar-refractivity contribution is 6.08. The van der Waals surface area contributed by atoms with Crippen LogP contribution in [-0.4, -0.2) is 36.6 Å². The second kappa shape index (κ2) is 7.21. The summed E-state index contributed by atoms with van der Waals surface area (Å²) in [6.45, 7) is 1.21. The second-order valence-electron chi connectivity index (χ2n) is 4.50. The number of hydrogen-bond donors (Lipinski definition) is 2. The predicted octanol–water partition coefficient (Wildman–Crippen LogP) is 2.39. The Bertz CT molecular complexity index is 724. The van der Waals surface area contributed by atoms with Gasteiger partial charge in [0, 0.05) is 5.69 Å². The van der Waals surface area contributed by atoms with Crippen molar-refractivity contribution in [1.29, 1.82) is 5.41 Å². The van der Waals surface area contributed by atoms with Crippen molar-refractivity contribution >= 4 is 23.5 Å². The number of para-hydroxylation sites is 1. The fourth-order valence-electron chi connectivity index (χ4n) is 1.85. The van der Waals surface area contributed by atoms with Crippen molar-refractivity contribution < 1.29 is 23.6 Å². The van der Waals surface area contributed by atoms with Gasteiger partial charge in [0.15, 0.2) is 0 Å².